The second kappa shape index (κ2) is 7.87. The minimum atomic E-state index is -0.309. The van der Waals surface area contributed by atoms with E-state index in [4.69, 9.17) is 4.74 Å². The van der Waals surface area contributed by atoms with E-state index in [-0.39, 0.29) is 30.8 Å². The van der Waals surface area contributed by atoms with E-state index in [9.17, 15) is 14.4 Å². The molecule has 0 atom stereocenters. The van der Waals surface area contributed by atoms with Gasteiger partial charge in [-0.3, -0.25) is 14.4 Å². The number of hydrogen-bond acceptors (Lipinski definition) is 5. The lowest BCUT2D eigenvalue weighted by Crippen LogP contribution is -2.42. The lowest BCUT2D eigenvalue weighted by molar-refractivity contribution is -0.138. The lowest BCUT2D eigenvalue weighted by Gasteiger charge is -2.20. The molecule has 1 fully saturated rings. The van der Waals surface area contributed by atoms with Gasteiger partial charge in [0.1, 0.15) is 12.3 Å². The number of amides is 3. The fourth-order valence-electron chi connectivity index (χ4n) is 2.03. The normalized spacial score (nSPS) is 13.8. The molecule has 1 saturated heterocycles. The Morgan fingerprint density at radius 3 is 2.87 bits per heavy atom. The Bertz CT molecular complexity index is 608. The quantitative estimate of drug-likeness (QED) is 0.823. The van der Waals surface area contributed by atoms with E-state index >= 15 is 0 Å². The topological polar surface area (TPSA) is 79.0 Å². The van der Waals surface area contributed by atoms with Gasteiger partial charge >= 0.3 is 0 Å². The average Bonchev–Trinajstić information content (AvgIpc) is 2.92. The lowest BCUT2D eigenvalue weighted by atomic mass is 10.3. The van der Waals surface area contributed by atoms with Gasteiger partial charge in [-0.15, -0.1) is 11.8 Å². The largest absolute Gasteiger partial charge is 0.497 e. The zero-order valence-corrected chi connectivity index (χ0v) is 13.9. The highest BCUT2D eigenvalue weighted by Gasteiger charge is 2.24. The van der Waals surface area contributed by atoms with Crippen molar-refractivity contribution in [1.29, 1.82) is 0 Å². The molecule has 0 spiro atoms. The number of nitrogens with one attached hydrogen (secondary N) is 1. The van der Waals surface area contributed by atoms with Crippen molar-refractivity contribution in [2.75, 3.05) is 44.2 Å². The predicted molar refractivity (Wildman–Crippen MR) is 88.3 cm³/mol. The van der Waals surface area contributed by atoms with Gasteiger partial charge < -0.3 is 19.9 Å². The van der Waals surface area contributed by atoms with E-state index in [2.05, 4.69) is 5.32 Å². The fourth-order valence-corrected chi connectivity index (χ4v) is 2.93. The predicted octanol–water partition coefficient (Wildman–Crippen LogP) is 0.625. The molecule has 1 N–H and O–H groups in total. The number of nitrogens with zero attached hydrogens (tertiary/aromatic N) is 2. The molecule has 0 aromatic heterocycles. The second-order valence-electron chi connectivity index (χ2n) is 5.10. The van der Waals surface area contributed by atoms with Crippen molar-refractivity contribution < 1.29 is 19.1 Å². The third kappa shape index (κ3) is 4.88. The first-order chi connectivity index (χ1) is 11.0. The molecule has 1 aromatic rings. The van der Waals surface area contributed by atoms with E-state index in [0.717, 1.165) is 0 Å². The smallest absolute Gasteiger partial charge is 0.243 e. The van der Waals surface area contributed by atoms with Crippen molar-refractivity contribution in [1.82, 2.24) is 9.80 Å². The van der Waals surface area contributed by atoms with E-state index in [0.29, 0.717) is 23.1 Å². The van der Waals surface area contributed by atoms with Gasteiger partial charge in [0.25, 0.3) is 0 Å². The molecular weight excluding hydrogens is 318 g/mol. The molecule has 124 valence electrons. The first kappa shape index (κ1) is 17.1. The Kier molecular flexibility index (Phi) is 5.86. The summed E-state index contributed by atoms with van der Waals surface area (Å²) in [5, 5.41) is 2.71. The minimum Gasteiger partial charge on any atom is -0.497 e. The monoisotopic (exact) mass is 337 g/mol. The van der Waals surface area contributed by atoms with Crippen molar-refractivity contribution in [3.63, 3.8) is 0 Å². The van der Waals surface area contributed by atoms with Crippen molar-refractivity contribution in [2.45, 2.75) is 0 Å². The van der Waals surface area contributed by atoms with Gasteiger partial charge in [0.15, 0.2) is 0 Å². The van der Waals surface area contributed by atoms with Crippen LogP contribution in [0.25, 0.3) is 0 Å². The Balaban J connectivity index is 1.83. The molecule has 0 unspecified atom stereocenters. The highest BCUT2D eigenvalue weighted by Crippen LogP contribution is 2.17. The Labute approximate surface area is 139 Å². The molecule has 23 heavy (non-hydrogen) atoms. The van der Waals surface area contributed by atoms with Gasteiger partial charge in [-0.05, 0) is 12.1 Å². The Morgan fingerprint density at radius 2 is 2.22 bits per heavy atom. The van der Waals surface area contributed by atoms with Gasteiger partial charge in [-0.25, -0.2) is 0 Å². The number of carbonyl (C=O) groups excluding carboxylic acids is 3. The summed E-state index contributed by atoms with van der Waals surface area (Å²) in [6, 6.07) is 6.97. The molecule has 1 aliphatic heterocycles. The number of carbonyl (C=O) groups is 3. The SMILES string of the molecule is COc1cccc(NC(=O)CN(C)C(=O)CN2CSCC2=O)c1. The maximum Gasteiger partial charge on any atom is 0.243 e. The van der Waals surface area contributed by atoms with Crippen LogP contribution in [0.3, 0.4) is 0 Å². The van der Waals surface area contributed by atoms with E-state index in [1.54, 1.807) is 38.4 Å². The van der Waals surface area contributed by atoms with Gasteiger partial charge in [0.2, 0.25) is 17.7 Å². The molecule has 0 saturated carbocycles. The van der Waals surface area contributed by atoms with Gasteiger partial charge in [0, 0.05) is 18.8 Å². The summed E-state index contributed by atoms with van der Waals surface area (Å²) in [6.45, 7) is -0.0695. The fraction of sp³-hybridized carbons (Fsp3) is 0.400. The summed E-state index contributed by atoms with van der Waals surface area (Å²) in [6.07, 6.45) is 0. The third-order valence-electron chi connectivity index (χ3n) is 3.31. The average molecular weight is 337 g/mol. The first-order valence-electron chi connectivity index (χ1n) is 7.03. The van der Waals surface area contributed by atoms with Crippen LogP contribution in [0.5, 0.6) is 5.75 Å². The Morgan fingerprint density at radius 1 is 1.43 bits per heavy atom. The number of likely N-dealkylation sites (N-methyl/N-ethyl adjacent to an activating group) is 1. The maximum atomic E-state index is 12.1. The van der Waals surface area contributed by atoms with E-state index in [1.165, 1.54) is 21.6 Å². The van der Waals surface area contributed by atoms with Crippen LogP contribution in [-0.2, 0) is 14.4 Å². The van der Waals surface area contributed by atoms with Crippen molar-refractivity contribution >= 4 is 35.2 Å². The number of ether oxygens (including phenoxy) is 1. The van der Waals surface area contributed by atoms with Crippen LogP contribution in [-0.4, -0.2) is 66.4 Å². The molecule has 7 nitrogen and oxygen atoms in total. The van der Waals surface area contributed by atoms with Crippen LogP contribution in [0, 0.1) is 0 Å². The summed E-state index contributed by atoms with van der Waals surface area (Å²) >= 11 is 1.48. The van der Waals surface area contributed by atoms with Crippen LogP contribution in [0.4, 0.5) is 5.69 Å². The van der Waals surface area contributed by atoms with E-state index < -0.39 is 0 Å². The minimum absolute atomic E-state index is 0.00870. The number of rotatable bonds is 6. The van der Waals surface area contributed by atoms with Crippen LogP contribution < -0.4 is 10.1 Å². The molecule has 8 heteroatoms. The van der Waals surface area contributed by atoms with Crippen molar-refractivity contribution in [2.24, 2.45) is 0 Å². The first-order valence-corrected chi connectivity index (χ1v) is 8.18. The maximum absolute atomic E-state index is 12.1. The van der Waals surface area contributed by atoms with Crippen LogP contribution in [0.1, 0.15) is 0 Å². The van der Waals surface area contributed by atoms with Gasteiger partial charge in [-0.2, -0.15) is 0 Å². The van der Waals surface area contributed by atoms with Crippen LogP contribution in [0.15, 0.2) is 24.3 Å². The number of thioether (sulfide) groups is 1. The van der Waals surface area contributed by atoms with Crippen LogP contribution >= 0.6 is 11.8 Å². The number of anilines is 1. The van der Waals surface area contributed by atoms with Gasteiger partial charge in [-0.1, -0.05) is 6.07 Å². The Hall–Kier alpha value is -2.22. The number of hydrogen-bond donors (Lipinski definition) is 1. The van der Waals surface area contributed by atoms with Crippen molar-refractivity contribution in [3.05, 3.63) is 24.3 Å². The molecule has 0 bridgehead atoms. The zero-order chi connectivity index (χ0) is 16.8. The highest BCUT2D eigenvalue weighted by molar-refractivity contribution is 8.00. The summed E-state index contributed by atoms with van der Waals surface area (Å²) in [7, 11) is 3.09. The molecule has 3 amide bonds. The molecule has 0 radical (unpaired) electrons. The summed E-state index contributed by atoms with van der Waals surface area (Å²) in [4.78, 5) is 38.4. The zero-order valence-electron chi connectivity index (χ0n) is 13.1. The molecule has 1 aliphatic rings. The molecule has 2 rings (SSSR count). The molecule has 1 heterocycles. The molecule has 0 aliphatic carbocycles. The standard InChI is InChI=1S/C15H19N3O4S/c1-17(14(20)8-18-10-23-9-15(18)21)7-13(19)16-11-4-3-5-12(6-11)22-2/h3-6H,7-10H2,1-2H3,(H,16,19). The van der Waals surface area contributed by atoms with Gasteiger partial charge in [0.05, 0.1) is 25.3 Å². The van der Waals surface area contributed by atoms with Crippen molar-refractivity contribution in [3.8, 4) is 5.75 Å². The summed E-state index contributed by atoms with van der Waals surface area (Å²) < 4.78 is 5.08. The molecular formula is C15H19N3O4S. The second-order valence-corrected chi connectivity index (χ2v) is 6.05. The number of benzene rings is 1. The van der Waals surface area contributed by atoms with E-state index in [1.807, 2.05) is 0 Å². The van der Waals surface area contributed by atoms with Crippen LogP contribution in [0.2, 0.25) is 0 Å². The summed E-state index contributed by atoms with van der Waals surface area (Å²) in [5.74, 6) is 0.953. The number of methoxy groups -OCH3 is 1. The highest BCUT2D eigenvalue weighted by atomic mass is 32.2. The molecule has 1 aromatic carbocycles. The third-order valence-corrected chi connectivity index (χ3v) is 4.26. The summed E-state index contributed by atoms with van der Waals surface area (Å²) in [5.41, 5.74) is 0.598.